The predicted octanol–water partition coefficient (Wildman–Crippen LogP) is -0.490. The molecule has 2 aliphatic heterocycles. The van der Waals surface area contributed by atoms with Crippen LogP contribution in [-0.2, 0) is 9.47 Å². The molecule has 3 N–H and O–H groups in total. The number of ether oxygens (including phenoxy) is 2. The number of aliphatic hydroxyl groups is 3. The average Bonchev–Trinajstić information content (AvgIpc) is 2.32. The van der Waals surface area contributed by atoms with Crippen molar-refractivity contribution in [2.24, 2.45) is 17.8 Å². The van der Waals surface area contributed by atoms with Crippen LogP contribution in [0.4, 0.5) is 0 Å². The normalized spacial score (nSPS) is 49.3. The van der Waals surface area contributed by atoms with Crippen LogP contribution in [0.15, 0.2) is 12.7 Å². The van der Waals surface area contributed by atoms with Gasteiger partial charge < -0.3 is 24.8 Å². The highest BCUT2D eigenvalue weighted by Gasteiger charge is 2.57. The van der Waals surface area contributed by atoms with Crippen LogP contribution >= 0.6 is 0 Å². The Kier molecular flexibility index (Phi) is 3.85. The van der Waals surface area contributed by atoms with Crippen LogP contribution in [0.3, 0.4) is 0 Å². The van der Waals surface area contributed by atoms with E-state index in [1.165, 1.54) is 0 Å². The summed E-state index contributed by atoms with van der Waals surface area (Å²) in [5.74, 6) is -0.810. The van der Waals surface area contributed by atoms with Gasteiger partial charge in [-0.1, -0.05) is 6.08 Å². The molecule has 7 atom stereocenters. The van der Waals surface area contributed by atoms with Crippen molar-refractivity contribution in [3.05, 3.63) is 12.7 Å². The quantitative estimate of drug-likeness (QED) is 0.582. The molecule has 1 aliphatic carbocycles. The van der Waals surface area contributed by atoms with E-state index in [9.17, 15) is 15.3 Å². The number of aliphatic hydroxyl groups excluding tert-OH is 3. The van der Waals surface area contributed by atoms with Crippen molar-refractivity contribution in [2.75, 3.05) is 13.2 Å². The molecule has 0 amide bonds. The van der Waals surface area contributed by atoms with Crippen molar-refractivity contribution in [1.82, 2.24) is 0 Å². The SMILES string of the molecule is C=C[C@H]1[C@H](O)[C@H]2O[C@H](OCC)[C@@H]1[C@H](CO)[C@@H]2O. The lowest BCUT2D eigenvalue weighted by Crippen LogP contribution is -2.66. The Morgan fingerprint density at radius 3 is 2.59 bits per heavy atom. The van der Waals surface area contributed by atoms with Crippen LogP contribution in [0.5, 0.6) is 0 Å². The molecule has 0 aromatic heterocycles. The highest BCUT2D eigenvalue weighted by molar-refractivity contribution is 5.08. The number of rotatable bonds is 4. The maximum absolute atomic E-state index is 10.0. The first-order valence-corrected chi connectivity index (χ1v) is 6.02. The molecule has 98 valence electrons. The molecule has 2 saturated heterocycles. The Labute approximate surface area is 101 Å². The van der Waals surface area contributed by atoms with Gasteiger partial charge in [-0.2, -0.15) is 0 Å². The summed E-state index contributed by atoms with van der Waals surface area (Å²) in [6, 6.07) is 0. The van der Waals surface area contributed by atoms with E-state index in [4.69, 9.17) is 9.47 Å². The number of hydrogen-bond acceptors (Lipinski definition) is 5. The maximum atomic E-state index is 10.0. The second-order valence-corrected chi connectivity index (χ2v) is 4.64. The smallest absolute Gasteiger partial charge is 0.162 e. The number of hydrogen-bond donors (Lipinski definition) is 3. The van der Waals surface area contributed by atoms with Crippen LogP contribution in [0.1, 0.15) is 6.92 Å². The second kappa shape index (κ2) is 5.04. The van der Waals surface area contributed by atoms with Crippen molar-refractivity contribution in [1.29, 1.82) is 0 Å². The van der Waals surface area contributed by atoms with E-state index in [2.05, 4.69) is 6.58 Å². The fourth-order valence-corrected chi connectivity index (χ4v) is 3.04. The summed E-state index contributed by atoms with van der Waals surface area (Å²) in [5, 5.41) is 29.4. The summed E-state index contributed by atoms with van der Waals surface area (Å²) < 4.78 is 11.0. The van der Waals surface area contributed by atoms with Gasteiger partial charge in [0.15, 0.2) is 6.29 Å². The van der Waals surface area contributed by atoms with Crippen LogP contribution in [0, 0.1) is 17.8 Å². The third-order valence-corrected chi connectivity index (χ3v) is 3.86. The van der Waals surface area contributed by atoms with Gasteiger partial charge in [0.1, 0.15) is 6.10 Å². The zero-order valence-electron chi connectivity index (χ0n) is 9.90. The third-order valence-electron chi connectivity index (χ3n) is 3.86. The van der Waals surface area contributed by atoms with E-state index < -0.39 is 24.6 Å². The molecule has 5 nitrogen and oxygen atoms in total. The standard InChI is InChI=1S/C12H20O5/c1-3-6-8-7(5-13)10(15)11(9(6)14)17-12(8)16-4-2/h3,6-15H,1,4-5H2,2H3/t6-,7+,8+,9+,10+,11-,12+/m1/s1. The molecular formula is C12H20O5. The average molecular weight is 244 g/mol. The summed E-state index contributed by atoms with van der Waals surface area (Å²) in [6.07, 6.45) is -1.18. The van der Waals surface area contributed by atoms with E-state index in [1.807, 2.05) is 6.92 Å². The van der Waals surface area contributed by atoms with Gasteiger partial charge in [0.2, 0.25) is 0 Å². The molecule has 0 unspecified atom stereocenters. The van der Waals surface area contributed by atoms with Gasteiger partial charge >= 0.3 is 0 Å². The Balaban J connectivity index is 2.27. The van der Waals surface area contributed by atoms with Gasteiger partial charge in [0, 0.05) is 31.0 Å². The van der Waals surface area contributed by atoms with Gasteiger partial charge in [-0.05, 0) is 6.92 Å². The second-order valence-electron chi connectivity index (χ2n) is 4.64. The molecule has 0 aromatic rings. The molecule has 5 heteroatoms. The Morgan fingerprint density at radius 2 is 2.06 bits per heavy atom. The monoisotopic (exact) mass is 244 g/mol. The molecule has 0 spiro atoms. The highest BCUT2D eigenvalue weighted by atomic mass is 16.7. The summed E-state index contributed by atoms with van der Waals surface area (Å²) in [6.45, 7) is 5.91. The van der Waals surface area contributed by atoms with Gasteiger partial charge in [0.05, 0.1) is 12.2 Å². The lowest BCUT2D eigenvalue weighted by Gasteiger charge is -2.54. The minimum atomic E-state index is -0.854. The molecule has 0 radical (unpaired) electrons. The van der Waals surface area contributed by atoms with Crippen molar-refractivity contribution in [3.63, 3.8) is 0 Å². The molecule has 2 bridgehead atoms. The van der Waals surface area contributed by atoms with E-state index in [0.29, 0.717) is 6.61 Å². The van der Waals surface area contributed by atoms with E-state index in [-0.39, 0.29) is 24.4 Å². The summed E-state index contributed by atoms with van der Waals surface area (Å²) >= 11 is 0. The maximum Gasteiger partial charge on any atom is 0.162 e. The summed E-state index contributed by atoms with van der Waals surface area (Å²) in [4.78, 5) is 0. The number of fused-ring (bicyclic) bond motifs is 3. The van der Waals surface area contributed by atoms with E-state index >= 15 is 0 Å². The van der Waals surface area contributed by atoms with Crippen LogP contribution in [0.2, 0.25) is 0 Å². The molecule has 3 aliphatic rings. The molecule has 2 heterocycles. The van der Waals surface area contributed by atoms with Gasteiger partial charge in [-0.15, -0.1) is 6.58 Å². The Hall–Kier alpha value is -0.460. The Bertz CT molecular complexity index is 280. The fourth-order valence-electron chi connectivity index (χ4n) is 3.04. The van der Waals surface area contributed by atoms with E-state index in [1.54, 1.807) is 6.08 Å². The lowest BCUT2D eigenvalue weighted by atomic mass is 9.65. The lowest BCUT2D eigenvalue weighted by molar-refractivity contribution is -0.334. The molecular weight excluding hydrogens is 224 g/mol. The van der Waals surface area contributed by atoms with Crippen molar-refractivity contribution in [2.45, 2.75) is 31.5 Å². The van der Waals surface area contributed by atoms with Crippen molar-refractivity contribution >= 4 is 0 Å². The first kappa shape index (κ1) is 13.0. The molecule has 3 rings (SSSR count). The minimum absolute atomic E-state index is 0.147. The first-order valence-electron chi connectivity index (χ1n) is 6.02. The predicted molar refractivity (Wildman–Crippen MR) is 60.1 cm³/mol. The Morgan fingerprint density at radius 1 is 1.35 bits per heavy atom. The van der Waals surface area contributed by atoms with Crippen molar-refractivity contribution in [3.8, 4) is 0 Å². The first-order chi connectivity index (χ1) is 8.15. The summed E-state index contributed by atoms with van der Waals surface area (Å²) in [5.41, 5.74) is 0. The molecule has 0 aromatic carbocycles. The van der Waals surface area contributed by atoms with Crippen LogP contribution < -0.4 is 0 Å². The fraction of sp³-hybridized carbons (Fsp3) is 0.833. The summed E-state index contributed by atoms with van der Waals surface area (Å²) in [7, 11) is 0. The highest BCUT2D eigenvalue weighted by Crippen LogP contribution is 2.46. The van der Waals surface area contributed by atoms with Crippen molar-refractivity contribution < 1.29 is 24.8 Å². The molecule has 17 heavy (non-hydrogen) atoms. The van der Waals surface area contributed by atoms with E-state index in [0.717, 1.165) is 0 Å². The zero-order valence-corrected chi connectivity index (χ0v) is 9.90. The van der Waals surface area contributed by atoms with Crippen LogP contribution in [0.25, 0.3) is 0 Å². The third kappa shape index (κ3) is 1.92. The molecule has 3 fully saturated rings. The largest absolute Gasteiger partial charge is 0.396 e. The van der Waals surface area contributed by atoms with Crippen LogP contribution in [-0.4, -0.2) is 53.1 Å². The zero-order chi connectivity index (χ0) is 12.6. The van der Waals surface area contributed by atoms with Gasteiger partial charge in [0.25, 0.3) is 0 Å². The molecule has 1 saturated carbocycles. The minimum Gasteiger partial charge on any atom is -0.396 e. The van der Waals surface area contributed by atoms with Gasteiger partial charge in [-0.25, -0.2) is 0 Å². The topological polar surface area (TPSA) is 79.2 Å². The van der Waals surface area contributed by atoms with Gasteiger partial charge in [-0.3, -0.25) is 0 Å².